The number of carbonyl (C=O) groups is 1. The summed E-state index contributed by atoms with van der Waals surface area (Å²) in [6.45, 7) is 6.54. The van der Waals surface area contributed by atoms with Crippen molar-refractivity contribution in [3.05, 3.63) is 71.3 Å². The van der Waals surface area contributed by atoms with Crippen LogP contribution in [0.25, 0.3) is 0 Å². The van der Waals surface area contributed by atoms with Gasteiger partial charge in [-0.05, 0) is 29.0 Å². The lowest BCUT2D eigenvalue weighted by Crippen LogP contribution is -2.18. The van der Waals surface area contributed by atoms with Gasteiger partial charge in [0.05, 0.1) is 12.2 Å². The molecule has 0 unspecified atom stereocenters. The topological polar surface area (TPSA) is 35.5 Å². The molecule has 0 aliphatic carbocycles. The maximum Gasteiger partial charge on any atom is 0.373 e. The first-order valence-corrected chi connectivity index (χ1v) is 7.46. The van der Waals surface area contributed by atoms with E-state index < -0.39 is 5.97 Å². The summed E-state index contributed by atoms with van der Waals surface area (Å²) in [4.78, 5) is 22.2. The quantitative estimate of drug-likeness (QED) is 0.468. The molecule has 2 aromatic carbocycles. The Morgan fingerprint density at radius 3 is 2.27 bits per heavy atom. The molecule has 116 valence electrons. The van der Waals surface area contributed by atoms with Gasteiger partial charge in [-0.3, -0.25) is 4.89 Å². The van der Waals surface area contributed by atoms with E-state index in [0.29, 0.717) is 18.6 Å². The maximum atomic E-state index is 12.2. The highest BCUT2D eigenvalue weighted by molar-refractivity contribution is 5.91. The predicted octanol–water partition coefficient (Wildman–Crippen LogP) is 4.32. The van der Waals surface area contributed by atoms with Crippen molar-refractivity contribution in [2.45, 2.75) is 32.6 Å². The SMILES string of the molecule is CC(C)(C)c1ccccc1C(=O)OOCCc1ccccc1. The first kappa shape index (κ1) is 16.2. The minimum absolute atomic E-state index is 0.125. The molecule has 0 heterocycles. The number of benzene rings is 2. The summed E-state index contributed by atoms with van der Waals surface area (Å²) in [5, 5.41) is 0. The molecule has 2 rings (SSSR count). The van der Waals surface area contributed by atoms with E-state index in [4.69, 9.17) is 9.78 Å². The number of rotatable bonds is 5. The van der Waals surface area contributed by atoms with Crippen molar-refractivity contribution in [3.8, 4) is 0 Å². The normalized spacial score (nSPS) is 11.2. The van der Waals surface area contributed by atoms with Gasteiger partial charge in [0, 0.05) is 0 Å². The summed E-state index contributed by atoms with van der Waals surface area (Å²) < 4.78 is 0. The Bertz CT molecular complexity index is 612. The van der Waals surface area contributed by atoms with Gasteiger partial charge in [0.2, 0.25) is 0 Å². The smallest absolute Gasteiger partial charge is 0.293 e. The van der Waals surface area contributed by atoms with Gasteiger partial charge in [-0.15, -0.1) is 0 Å². The molecule has 0 aliphatic rings. The van der Waals surface area contributed by atoms with E-state index in [-0.39, 0.29) is 5.41 Å². The summed E-state index contributed by atoms with van der Waals surface area (Å²) in [6, 6.07) is 17.4. The van der Waals surface area contributed by atoms with Crippen molar-refractivity contribution in [2.75, 3.05) is 6.61 Å². The third-order valence-electron chi connectivity index (χ3n) is 3.41. The van der Waals surface area contributed by atoms with Gasteiger partial charge < -0.3 is 0 Å². The Balaban J connectivity index is 1.91. The molecule has 3 heteroatoms. The van der Waals surface area contributed by atoms with Crippen LogP contribution >= 0.6 is 0 Å². The first-order chi connectivity index (χ1) is 10.5. The maximum absolute atomic E-state index is 12.2. The van der Waals surface area contributed by atoms with Gasteiger partial charge in [0.25, 0.3) is 0 Å². The van der Waals surface area contributed by atoms with E-state index >= 15 is 0 Å². The van der Waals surface area contributed by atoms with Gasteiger partial charge >= 0.3 is 5.97 Å². The molecule has 2 aromatic rings. The molecule has 0 atom stereocenters. The van der Waals surface area contributed by atoms with Crippen LogP contribution in [0.1, 0.15) is 42.3 Å². The zero-order valence-electron chi connectivity index (χ0n) is 13.3. The predicted molar refractivity (Wildman–Crippen MR) is 86.7 cm³/mol. The lowest BCUT2D eigenvalue weighted by atomic mass is 9.84. The van der Waals surface area contributed by atoms with Crippen LogP contribution in [0, 0.1) is 0 Å². The van der Waals surface area contributed by atoms with Crippen LogP contribution in [0.5, 0.6) is 0 Å². The third-order valence-corrected chi connectivity index (χ3v) is 3.41. The molecule has 0 aliphatic heterocycles. The van der Waals surface area contributed by atoms with E-state index in [9.17, 15) is 4.79 Å². The lowest BCUT2D eigenvalue weighted by Gasteiger charge is -2.21. The monoisotopic (exact) mass is 298 g/mol. The molecule has 0 spiro atoms. The van der Waals surface area contributed by atoms with E-state index in [1.807, 2.05) is 48.5 Å². The van der Waals surface area contributed by atoms with E-state index in [1.165, 1.54) is 0 Å². The molecular weight excluding hydrogens is 276 g/mol. The molecule has 0 bridgehead atoms. The fourth-order valence-electron chi connectivity index (χ4n) is 2.26. The Kier molecular flexibility index (Phi) is 5.34. The summed E-state index contributed by atoms with van der Waals surface area (Å²) in [7, 11) is 0. The van der Waals surface area contributed by atoms with Gasteiger partial charge in [0.15, 0.2) is 0 Å². The van der Waals surface area contributed by atoms with Crippen molar-refractivity contribution < 1.29 is 14.6 Å². The second-order valence-electron chi connectivity index (χ2n) is 6.22. The minimum atomic E-state index is -0.446. The Morgan fingerprint density at radius 1 is 0.955 bits per heavy atom. The molecular formula is C19H22O3. The Morgan fingerprint density at radius 2 is 1.59 bits per heavy atom. The number of carbonyl (C=O) groups excluding carboxylic acids is 1. The zero-order valence-corrected chi connectivity index (χ0v) is 13.3. The molecule has 0 amide bonds. The fraction of sp³-hybridized carbons (Fsp3) is 0.316. The first-order valence-electron chi connectivity index (χ1n) is 7.46. The molecule has 0 fully saturated rings. The average Bonchev–Trinajstić information content (AvgIpc) is 2.51. The molecule has 0 saturated carbocycles. The Labute approximate surface area is 131 Å². The standard InChI is InChI=1S/C19H22O3/c1-19(2,3)17-12-8-7-11-16(17)18(20)22-21-14-13-15-9-5-4-6-10-15/h4-12H,13-14H2,1-3H3. The molecule has 0 aromatic heterocycles. The summed E-state index contributed by atoms with van der Waals surface area (Å²) in [5.41, 5.74) is 2.52. The second-order valence-corrected chi connectivity index (χ2v) is 6.22. The highest BCUT2D eigenvalue weighted by Crippen LogP contribution is 2.26. The van der Waals surface area contributed by atoms with Gasteiger partial charge in [-0.1, -0.05) is 69.3 Å². The van der Waals surface area contributed by atoms with Crippen molar-refractivity contribution in [2.24, 2.45) is 0 Å². The molecule has 22 heavy (non-hydrogen) atoms. The van der Waals surface area contributed by atoms with E-state index in [2.05, 4.69) is 20.8 Å². The van der Waals surface area contributed by atoms with Crippen LogP contribution in [0.15, 0.2) is 54.6 Å². The van der Waals surface area contributed by atoms with Gasteiger partial charge in [-0.2, -0.15) is 4.89 Å². The van der Waals surface area contributed by atoms with Crippen LogP contribution < -0.4 is 0 Å². The number of hydrogen-bond donors (Lipinski definition) is 0. The minimum Gasteiger partial charge on any atom is -0.293 e. The fourth-order valence-corrected chi connectivity index (χ4v) is 2.26. The summed E-state index contributed by atoms with van der Waals surface area (Å²) >= 11 is 0. The average molecular weight is 298 g/mol. The highest BCUT2D eigenvalue weighted by Gasteiger charge is 2.22. The molecule has 0 radical (unpaired) electrons. The van der Waals surface area contributed by atoms with Crippen molar-refractivity contribution >= 4 is 5.97 Å². The van der Waals surface area contributed by atoms with Crippen molar-refractivity contribution in [3.63, 3.8) is 0 Å². The van der Waals surface area contributed by atoms with Crippen LogP contribution in [0.3, 0.4) is 0 Å². The van der Waals surface area contributed by atoms with Gasteiger partial charge in [0.1, 0.15) is 0 Å². The van der Waals surface area contributed by atoms with Crippen LogP contribution in [0.2, 0.25) is 0 Å². The van der Waals surface area contributed by atoms with Crippen LogP contribution in [0.4, 0.5) is 0 Å². The highest BCUT2D eigenvalue weighted by atomic mass is 17.2. The molecule has 3 nitrogen and oxygen atoms in total. The van der Waals surface area contributed by atoms with Crippen molar-refractivity contribution in [1.29, 1.82) is 0 Å². The van der Waals surface area contributed by atoms with Gasteiger partial charge in [-0.25, -0.2) is 4.79 Å². The Hall–Kier alpha value is -2.13. The zero-order chi connectivity index (χ0) is 16.0. The van der Waals surface area contributed by atoms with Crippen LogP contribution in [-0.2, 0) is 21.6 Å². The second kappa shape index (κ2) is 7.23. The van der Waals surface area contributed by atoms with Crippen LogP contribution in [-0.4, -0.2) is 12.6 Å². The summed E-state index contributed by atoms with van der Waals surface area (Å²) in [5.74, 6) is -0.446. The molecule has 0 N–H and O–H groups in total. The summed E-state index contributed by atoms with van der Waals surface area (Å²) in [6.07, 6.45) is 0.703. The lowest BCUT2D eigenvalue weighted by molar-refractivity contribution is -0.240. The van der Waals surface area contributed by atoms with Crippen molar-refractivity contribution in [1.82, 2.24) is 0 Å². The molecule has 0 saturated heterocycles. The number of hydrogen-bond acceptors (Lipinski definition) is 3. The van der Waals surface area contributed by atoms with E-state index in [1.54, 1.807) is 6.07 Å². The largest absolute Gasteiger partial charge is 0.373 e. The van der Waals surface area contributed by atoms with E-state index in [0.717, 1.165) is 11.1 Å². The third kappa shape index (κ3) is 4.43.